The Bertz CT molecular complexity index is 1420. The van der Waals surface area contributed by atoms with E-state index in [-0.39, 0.29) is 36.4 Å². The molecule has 5 rings (SSSR count). The average molecular weight is 671 g/mol. The Morgan fingerprint density at radius 2 is 1.91 bits per heavy atom. The number of aryl methyl sites for hydroxylation is 1. The highest BCUT2D eigenvalue weighted by Crippen LogP contribution is 2.36. The second kappa shape index (κ2) is 16.4. The summed E-state index contributed by atoms with van der Waals surface area (Å²) in [7, 11) is 0. The van der Waals surface area contributed by atoms with Crippen LogP contribution in [0.1, 0.15) is 101 Å². The van der Waals surface area contributed by atoms with Crippen LogP contribution in [0, 0.1) is 12.8 Å². The van der Waals surface area contributed by atoms with Crippen molar-refractivity contribution < 1.29 is 19.1 Å². The van der Waals surface area contributed by atoms with Gasteiger partial charge in [0, 0.05) is 52.7 Å². The highest BCUT2D eigenvalue weighted by Gasteiger charge is 2.41. The molecule has 2 fully saturated rings. The van der Waals surface area contributed by atoms with E-state index in [1.54, 1.807) is 27.8 Å². The molecule has 0 radical (unpaired) electrons. The number of carbonyl (C=O) groups is 3. The van der Waals surface area contributed by atoms with Crippen LogP contribution in [0.2, 0.25) is 5.02 Å². The van der Waals surface area contributed by atoms with Gasteiger partial charge >= 0.3 is 0 Å². The van der Waals surface area contributed by atoms with Gasteiger partial charge in [0.1, 0.15) is 0 Å². The standard InChI is InChI=1S/C34H43ClN4O4S2/c1-22-28(38-33(45-22)24-7-3-2-4-8-24)19-31(41)39-20-27(43-21-23-10-12-26(35)13-11-23)18-29(39)30(40)17-25(9-5-6-14-36)32(42)34-37-15-16-44-34/h10-13,15-16,24-25,27,29H,2-9,14,17-21,36H2,1H3/t25-,27-,29+/m1/s1. The fraction of sp³-hybridized carbons (Fsp3) is 0.559. The van der Waals surface area contributed by atoms with E-state index >= 15 is 0 Å². The van der Waals surface area contributed by atoms with Crippen LogP contribution in [0.3, 0.4) is 0 Å². The lowest BCUT2D eigenvalue weighted by molar-refractivity contribution is -0.137. The zero-order chi connectivity index (χ0) is 31.8. The fourth-order valence-electron chi connectivity index (χ4n) is 6.44. The smallest absolute Gasteiger partial charge is 0.229 e. The predicted molar refractivity (Wildman–Crippen MR) is 179 cm³/mol. The fourth-order valence-corrected chi connectivity index (χ4v) is 8.33. The van der Waals surface area contributed by atoms with Crippen LogP contribution in [-0.2, 0) is 27.4 Å². The number of Topliss-reactive ketones (excluding diaryl/α,β-unsaturated/α-hetero) is 2. The number of ether oxygens (including phenoxy) is 1. The molecule has 1 aliphatic carbocycles. The van der Waals surface area contributed by atoms with E-state index in [2.05, 4.69) is 4.98 Å². The summed E-state index contributed by atoms with van der Waals surface area (Å²) in [5.41, 5.74) is 7.49. The first-order valence-corrected chi connectivity index (χ1v) is 18.2. The molecule has 0 spiro atoms. The Morgan fingerprint density at radius 1 is 1.13 bits per heavy atom. The second-order valence-corrected chi connectivity index (χ2v) is 14.8. The number of likely N-dealkylation sites (tertiary alicyclic amines) is 1. The Kier molecular flexibility index (Phi) is 12.3. The number of hydrogen-bond acceptors (Lipinski definition) is 9. The molecule has 1 amide bonds. The van der Waals surface area contributed by atoms with Gasteiger partial charge < -0.3 is 15.4 Å². The molecule has 1 saturated carbocycles. The van der Waals surface area contributed by atoms with E-state index in [0.717, 1.165) is 46.8 Å². The number of nitrogens with zero attached hydrogens (tertiary/aromatic N) is 3. The van der Waals surface area contributed by atoms with Gasteiger partial charge in [-0.1, -0.05) is 49.4 Å². The maximum absolute atomic E-state index is 14.0. The third-order valence-electron chi connectivity index (χ3n) is 9.00. The molecule has 1 aromatic carbocycles. The third-order valence-corrected chi connectivity index (χ3v) is 11.2. The quantitative estimate of drug-likeness (QED) is 0.138. The van der Waals surface area contributed by atoms with Crippen molar-refractivity contribution in [1.82, 2.24) is 14.9 Å². The summed E-state index contributed by atoms with van der Waals surface area (Å²) >= 11 is 9.04. The molecule has 242 valence electrons. The van der Waals surface area contributed by atoms with Gasteiger partial charge in [0.15, 0.2) is 16.6 Å². The zero-order valence-electron chi connectivity index (χ0n) is 25.9. The van der Waals surface area contributed by atoms with Crippen LogP contribution in [0.15, 0.2) is 35.8 Å². The van der Waals surface area contributed by atoms with Crippen LogP contribution in [-0.4, -0.2) is 57.6 Å². The lowest BCUT2D eigenvalue weighted by atomic mass is 9.89. The van der Waals surface area contributed by atoms with Crippen molar-refractivity contribution in [3.8, 4) is 0 Å². The molecule has 0 unspecified atom stereocenters. The molecule has 3 heterocycles. The SMILES string of the molecule is Cc1sc(C2CCCCC2)nc1CC(=O)N1C[C@H](OCc2ccc(Cl)cc2)C[C@H]1C(=O)C[C@@H](CCCCN)C(=O)c1nccs1. The van der Waals surface area contributed by atoms with Crippen molar-refractivity contribution >= 4 is 51.7 Å². The van der Waals surface area contributed by atoms with Gasteiger partial charge in [0.25, 0.3) is 0 Å². The van der Waals surface area contributed by atoms with Crippen LogP contribution < -0.4 is 5.73 Å². The molecule has 2 N–H and O–H groups in total. The summed E-state index contributed by atoms with van der Waals surface area (Å²) in [6, 6.07) is 6.80. The molecule has 3 atom stereocenters. The topological polar surface area (TPSA) is 115 Å². The molecule has 1 aliphatic heterocycles. The minimum absolute atomic E-state index is 0.0584. The summed E-state index contributed by atoms with van der Waals surface area (Å²) in [5.74, 6) is -0.373. The molecule has 11 heteroatoms. The first-order valence-electron chi connectivity index (χ1n) is 16.1. The molecule has 8 nitrogen and oxygen atoms in total. The van der Waals surface area contributed by atoms with Gasteiger partial charge in [-0.15, -0.1) is 22.7 Å². The molecular formula is C34H43ClN4O4S2. The Balaban J connectivity index is 1.31. The molecule has 2 aromatic heterocycles. The maximum atomic E-state index is 14.0. The van der Waals surface area contributed by atoms with E-state index in [9.17, 15) is 14.4 Å². The van der Waals surface area contributed by atoms with Gasteiger partial charge in [0.2, 0.25) is 5.91 Å². The largest absolute Gasteiger partial charge is 0.372 e. The average Bonchev–Trinajstić information content (AvgIpc) is 3.81. The first kappa shape index (κ1) is 33.9. The molecule has 45 heavy (non-hydrogen) atoms. The number of ketones is 2. The van der Waals surface area contributed by atoms with E-state index in [0.29, 0.717) is 48.5 Å². The lowest BCUT2D eigenvalue weighted by Gasteiger charge is -2.25. The van der Waals surface area contributed by atoms with Crippen molar-refractivity contribution in [3.63, 3.8) is 0 Å². The second-order valence-electron chi connectivity index (χ2n) is 12.3. The molecule has 2 aliphatic rings. The number of thiazole rings is 2. The van der Waals surface area contributed by atoms with Crippen molar-refractivity contribution in [1.29, 1.82) is 0 Å². The monoisotopic (exact) mass is 670 g/mol. The molecular weight excluding hydrogens is 628 g/mol. The number of amides is 1. The Labute approximate surface area is 278 Å². The van der Waals surface area contributed by atoms with E-state index < -0.39 is 12.0 Å². The summed E-state index contributed by atoms with van der Waals surface area (Å²) < 4.78 is 6.25. The van der Waals surface area contributed by atoms with Gasteiger partial charge in [0.05, 0.1) is 35.9 Å². The van der Waals surface area contributed by atoms with Crippen LogP contribution in [0.25, 0.3) is 0 Å². The number of unbranched alkanes of at least 4 members (excludes halogenated alkanes) is 1. The number of rotatable bonds is 15. The molecule has 0 bridgehead atoms. The number of benzene rings is 1. The number of carbonyl (C=O) groups excluding carboxylic acids is 3. The summed E-state index contributed by atoms with van der Waals surface area (Å²) in [6.07, 6.45) is 10.0. The minimum atomic E-state index is -0.662. The van der Waals surface area contributed by atoms with Crippen molar-refractivity contribution in [2.45, 2.75) is 102 Å². The summed E-state index contributed by atoms with van der Waals surface area (Å²) in [6.45, 7) is 3.24. The number of hydrogen-bond donors (Lipinski definition) is 1. The first-order chi connectivity index (χ1) is 21.8. The minimum Gasteiger partial charge on any atom is -0.372 e. The van der Waals surface area contributed by atoms with Gasteiger partial charge in [-0.3, -0.25) is 14.4 Å². The number of nitrogens with two attached hydrogens (primary N) is 1. The van der Waals surface area contributed by atoms with E-state index in [4.69, 9.17) is 27.1 Å². The highest BCUT2D eigenvalue weighted by atomic mass is 35.5. The van der Waals surface area contributed by atoms with E-state index in [1.807, 2.05) is 31.2 Å². The predicted octanol–water partition coefficient (Wildman–Crippen LogP) is 6.93. The molecule has 1 saturated heterocycles. The third kappa shape index (κ3) is 9.07. The molecule has 3 aromatic rings. The number of aromatic nitrogens is 2. The van der Waals surface area contributed by atoms with Crippen LogP contribution >= 0.6 is 34.3 Å². The van der Waals surface area contributed by atoms with Crippen molar-refractivity contribution in [3.05, 3.63) is 67.0 Å². The highest BCUT2D eigenvalue weighted by molar-refractivity contribution is 7.12. The van der Waals surface area contributed by atoms with Crippen LogP contribution in [0.5, 0.6) is 0 Å². The Hall–Kier alpha value is -2.50. The lowest BCUT2D eigenvalue weighted by Crippen LogP contribution is -2.42. The van der Waals surface area contributed by atoms with Gasteiger partial charge in [-0.05, 0) is 56.8 Å². The van der Waals surface area contributed by atoms with Gasteiger partial charge in [-0.2, -0.15) is 0 Å². The zero-order valence-corrected chi connectivity index (χ0v) is 28.3. The normalized spacial score (nSPS) is 19.6. The van der Waals surface area contributed by atoms with E-state index in [1.165, 1.54) is 30.6 Å². The van der Waals surface area contributed by atoms with Gasteiger partial charge in [-0.25, -0.2) is 9.97 Å². The number of halogens is 1. The van der Waals surface area contributed by atoms with Crippen molar-refractivity contribution in [2.24, 2.45) is 11.7 Å². The van der Waals surface area contributed by atoms with Crippen molar-refractivity contribution in [2.75, 3.05) is 13.1 Å². The maximum Gasteiger partial charge on any atom is 0.229 e. The van der Waals surface area contributed by atoms with Crippen LogP contribution in [0.4, 0.5) is 0 Å². The summed E-state index contributed by atoms with van der Waals surface area (Å²) in [5, 5.41) is 3.97. The summed E-state index contributed by atoms with van der Waals surface area (Å²) in [4.78, 5) is 53.2. The Morgan fingerprint density at radius 3 is 2.62 bits per heavy atom.